The Morgan fingerprint density at radius 3 is 1.37 bits per heavy atom. The lowest BCUT2D eigenvalue weighted by Gasteiger charge is -2.29. The van der Waals surface area contributed by atoms with Crippen molar-refractivity contribution in [1.82, 2.24) is 0 Å². The fourth-order valence-corrected chi connectivity index (χ4v) is 8.87. The first-order valence-corrected chi connectivity index (χ1v) is 18.8. The van der Waals surface area contributed by atoms with Crippen LogP contribution in [-0.2, 0) is 5.41 Å². The Bertz CT molecular complexity index is 2690. The summed E-state index contributed by atoms with van der Waals surface area (Å²) in [7, 11) is 0. The maximum atomic E-state index is 2.43. The van der Waals surface area contributed by atoms with Crippen LogP contribution < -0.4 is 4.90 Å². The van der Waals surface area contributed by atoms with Crippen molar-refractivity contribution in [1.29, 1.82) is 0 Å². The second-order valence-electron chi connectivity index (χ2n) is 14.9. The number of hydrogen-bond acceptors (Lipinski definition) is 1. The van der Waals surface area contributed by atoms with E-state index in [1.54, 1.807) is 0 Å². The first-order chi connectivity index (χ1) is 26.5. The zero-order valence-electron chi connectivity index (χ0n) is 30.5. The molecule has 0 amide bonds. The van der Waals surface area contributed by atoms with Crippen LogP contribution in [0.4, 0.5) is 17.1 Å². The summed E-state index contributed by atoms with van der Waals surface area (Å²) in [6, 6.07) is 73.4. The molecule has 0 saturated heterocycles. The predicted octanol–water partition coefficient (Wildman–Crippen LogP) is 14.8. The van der Waals surface area contributed by atoms with Gasteiger partial charge in [0.1, 0.15) is 0 Å². The summed E-state index contributed by atoms with van der Waals surface area (Å²) in [6.07, 6.45) is 0. The third-order valence-electron chi connectivity index (χ3n) is 11.4. The van der Waals surface area contributed by atoms with Crippen molar-refractivity contribution in [3.63, 3.8) is 0 Å². The van der Waals surface area contributed by atoms with Crippen LogP contribution in [0.5, 0.6) is 0 Å². The third kappa shape index (κ3) is 5.24. The molecule has 1 heteroatoms. The first-order valence-electron chi connectivity index (χ1n) is 18.8. The Hall–Kier alpha value is -6.70. The summed E-state index contributed by atoms with van der Waals surface area (Å²) >= 11 is 0. The predicted molar refractivity (Wildman–Crippen MR) is 230 cm³/mol. The maximum Gasteiger partial charge on any atom is 0.0474 e. The molecule has 0 aliphatic heterocycles. The highest BCUT2D eigenvalue weighted by atomic mass is 15.1. The van der Waals surface area contributed by atoms with Gasteiger partial charge in [-0.3, -0.25) is 0 Å². The van der Waals surface area contributed by atoms with Crippen LogP contribution in [0.3, 0.4) is 0 Å². The number of nitrogens with zero attached hydrogens (tertiary/aromatic N) is 1. The van der Waals surface area contributed by atoms with Crippen molar-refractivity contribution in [3.8, 4) is 44.5 Å². The van der Waals surface area contributed by atoms with Gasteiger partial charge in [0.25, 0.3) is 0 Å². The van der Waals surface area contributed by atoms with Crippen LogP contribution in [0, 0.1) is 0 Å². The van der Waals surface area contributed by atoms with Gasteiger partial charge in [0.15, 0.2) is 0 Å². The molecule has 0 heterocycles. The quantitative estimate of drug-likeness (QED) is 0.168. The normalized spacial score (nSPS) is 12.8. The minimum atomic E-state index is -0.138. The molecule has 10 rings (SSSR count). The number of fused-ring (bicyclic) bond motifs is 5. The highest BCUT2D eigenvalue weighted by Gasteiger charge is 2.38. The van der Waals surface area contributed by atoms with E-state index in [0.29, 0.717) is 0 Å². The van der Waals surface area contributed by atoms with Crippen LogP contribution in [0.2, 0.25) is 0 Å². The van der Waals surface area contributed by atoms with Gasteiger partial charge < -0.3 is 4.90 Å². The van der Waals surface area contributed by atoms with Crippen molar-refractivity contribution < 1.29 is 0 Å². The molecule has 0 atom stereocenters. The Morgan fingerprint density at radius 1 is 0.333 bits per heavy atom. The summed E-state index contributed by atoms with van der Waals surface area (Å²) in [5.74, 6) is 0. The van der Waals surface area contributed by atoms with Gasteiger partial charge in [0.05, 0.1) is 0 Å². The van der Waals surface area contributed by atoms with Crippen molar-refractivity contribution in [2.45, 2.75) is 19.3 Å². The summed E-state index contributed by atoms with van der Waals surface area (Å²) in [6.45, 7) is 4.75. The van der Waals surface area contributed by atoms with Crippen molar-refractivity contribution in [2.24, 2.45) is 0 Å². The molecule has 0 bridgehead atoms. The van der Waals surface area contributed by atoms with Crippen LogP contribution in [-0.4, -0.2) is 0 Å². The largest absolute Gasteiger partial charge is 0.310 e. The zero-order valence-corrected chi connectivity index (χ0v) is 30.5. The lowest BCUT2D eigenvalue weighted by Crippen LogP contribution is -2.17. The van der Waals surface area contributed by atoms with E-state index in [0.717, 1.165) is 17.1 Å². The van der Waals surface area contributed by atoms with E-state index < -0.39 is 0 Å². The van der Waals surface area contributed by atoms with E-state index in [2.05, 4.69) is 219 Å². The van der Waals surface area contributed by atoms with E-state index in [-0.39, 0.29) is 5.41 Å². The van der Waals surface area contributed by atoms with E-state index >= 15 is 0 Å². The van der Waals surface area contributed by atoms with Gasteiger partial charge in [-0.1, -0.05) is 178 Å². The van der Waals surface area contributed by atoms with E-state index in [1.165, 1.54) is 77.2 Å². The lowest BCUT2D eigenvalue weighted by atomic mass is 9.78. The molecule has 54 heavy (non-hydrogen) atoms. The highest BCUT2D eigenvalue weighted by molar-refractivity contribution is 5.99. The topological polar surface area (TPSA) is 3.24 Å². The van der Waals surface area contributed by atoms with Crippen molar-refractivity contribution in [2.75, 3.05) is 4.90 Å². The SMILES string of the molecule is CC1(C)c2ccccc2-c2cc(N(c3ccc(-c4cccc5ccccc45)cc3)c3ccc(-c4cccc5ccccc45)cc3)cc(-c3ccccc3)c21. The average Bonchev–Trinajstić information content (AvgIpc) is 3.47. The molecule has 0 unspecified atom stereocenters. The second kappa shape index (κ2) is 12.8. The summed E-state index contributed by atoms with van der Waals surface area (Å²) in [5, 5.41) is 5.03. The Morgan fingerprint density at radius 2 is 0.778 bits per heavy atom. The lowest BCUT2D eigenvalue weighted by molar-refractivity contribution is 0.662. The number of anilines is 3. The van der Waals surface area contributed by atoms with Gasteiger partial charge >= 0.3 is 0 Å². The fourth-order valence-electron chi connectivity index (χ4n) is 8.87. The molecule has 9 aromatic carbocycles. The molecule has 0 fully saturated rings. The van der Waals surface area contributed by atoms with E-state index in [4.69, 9.17) is 0 Å². The Balaban J connectivity index is 1.17. The summed E-state index contributed by atoms with van der Waals surface area (Å²) in [5.41, 5.74) is 16.0. The van der Waals surface area contributed by atoms with Gasteiger partial charge in [-0.2, -0.15) is 0 Å². The molecule has 0 radical (unpaired) electrons. The molecule has 0 spiro atoms. The summed E-state index contributed by atoms with van der Waals surface area (Å²) in [4.78, 5) is 2.43. The number of rotatable bonds is 6. The molecule has 0 aromatic heterocycles. The van der Waals surface area contributed by atoms with Crippen LogP contribution >= 0.6 is 0 Å². The maximum absolute atomic E-state index is 2.43. The van der Waals surface area contributed by atoms with Gasteiger partial charge in [-0.15, -0.1) is 0 Å². The highest BCUT2D eigenvalue weighted by Crippen LogP contribution is 2.54. The number of benzene rings is 9. The monoisotopic (exact) mass is 689 g/mol. The molecule has 1 aliphatic carbocycles. The van der Waals surface area contributed by atoms with Crippen LogP contribution in [0.15, 0.2) is 200 Å². The molecule has 9 aromatic rings. The van der Waals surface area contributed by atoms with E-state index in [9.17, 15) is 0 Å². The molecule has 0 saturated carbocycles. The standard InChI is InChI=1S/C53H39N/c1-53(2)51-25-11-10-22-48(51)50-35-43(34-49(52(50)53)38-14-4-3-5-15-38)54(41-30-26-39(27-31-41)46-23-12-18-36-16-6-8-20-44(36)46)42-32-28-40(29-33-42)47-24-13-19-37-17-7-9-21-45(37)47/h3-35H,1-2H3. The molecular weight excluding hydrogens is 651 g/mol. The molecule has 1 aliphatic rings. The van der Waals surface area contributed by atoms with Crippen molar-refractivity contribution in [3.05, 3.63) is 211 Å². The molecular formula is C53H39N. The Kier molecular flexibility index (Phi) is 7.56. The minimum Gasteiger partial charge on any atom is -0.310 e. The van der Waals surface area contributed by atoms with Crippen LogP contribution in [0.25, 0.3) is 66.1 Å². The first kappa shape index (κ1) is 32.0. The molecule has 1 nitrogen and oxygen atoms in total. The average molecular weight is 690 g/mol. The van der Waals surface area contributed by atoms with Gasteiger partial charge in [0.2, 0.25) is 0 Å². The second-order valence-corrected chi connectivity index (χ2v) is 14.9. The van der Waals surface area contributed by atoms with Crippen LogP contribution in [0.1, 0.15) is 25.0 Å². The van der Waals surface area contributed by atoms with Gasteiger partial charge in [0, 0.05) is 22.5 Å². The van der Waals surface area contributed by atoms with E-state index in [1.807, 2.05) is 0 Å². The van der Waals surface area contributed by atoms with Gasteiger partial charge in [-0.05, 0) is 114 Å². The summed E-state index contributed by atoms with van der Waals surface area (Å²) < 4.78 is 0. The molecule has 256 valence electrons. The fraction of sp³-hybridized carbons (Fsp3) is 0.0566. The number of hydrogen-bond donors (Lipinski definition) is 0. The third-order valence-corrected chi connectivity index (χ3v) is 11.4. The van der Waals surface area contributed by atoms with Gasteiger partial charge in [-0.25, -0.2) is 0 Å². The molecule has 0 N–H and O–H groups in total. The Labute approximate surface area is 317 Å². The minimum absolute atomic E-state index is 0.138. The van der Waals surface area contributed by atoms with Crippen molar-refractivity contribution >= 4 is 38.6 Å². The smallest absolute Gasteiger partial charge is 0.0474 e. The zero-order chi connectivity index (χ0) is 36.2.